The lowest BCUT2D eigenvalue weighted by Gasteiger charge is -2.09. The first-order valence-electron chi connectivity index (χ1n) is 7.46. The van der Waals surface area contributed by atoms with Gasteiger partial charge in [0, 0.05) is 17.8 Å². The van der Waals surface area contributed by atoms with Crippen molar-refractivity contribution in [2.45, 2.75) is 18.9 Å². The summed E-state index contributed by atoms with van der Waals surface area (Å²) < 4.78 is 20.5. The zero-order chi connectivity index (χ0) is 15.8. The number of rotatable bonds is 4. The van der Waals surface area contributed by atoms with Crippen LogP contribution in [0.1, 0.15) is 18.9 Å². The fraction of sp³-hybridized carbons (Fsp3) is 0.235. The molecular weight excluding hydrogens is 295 g/mol. The molecule has 2 aromatic heterocycles. The lowest BCUT2D eigenvalue weighted by molar-refractivity contribution is 0.380. The maximum Gasteiger partial charge on any atom is 0.316 e. The largest absolute Gasteiger partial charge is 0.467 e. The van der Waals surface area contributed by atoms with Crippen LogP contribution in [0.3, 0.4) is 0 Å². The first-order chi connectivity index (χ1) is 11.3. The van der Waals surface area contributed by atoms with Crippen molar-refractivity contribution >= 4 is 0 Å². The molecule has 0 amide bonds. The Bertz CT molecular complexity index is 840. The molecular formula is C17H15FN4O. The zero-order valence-electron chi connectivity index (χ0n) is 12.6. The molecule has 6 heteroatoms. The Hall–Kier alpha value is -2.76. The van der Waals surface area contributed by atoms with E-state index in [0.717, 1.165) is 35.5 Å². The molecule has 0 saturated heterocycles. The Morgan fingerprint density at radius 3 is 2.61 bits per heavy atom. The lowest BCUT2D eigenvalue weighted by atomic mass is 10.1. The van der Waals surface area contributed by atoms with Crippen molar-refractivity contribution in [3.8, 4) is 28.7 Å². The Morgan fingerprint density at radius 2 is 1.91 bits per heavy atom. The van der Waals surface area contributed by atoms with Crippen LogP contribution in [0.2, 0.25) is 0 Å². The third-order valence-electron chi connectivity index (χ3n) is 3.91. The summed E-state index contributed by atoms with van der Waals surface area (Å²) in [4.78, 5) is 13.0. The minimum Gasteiger partial charge on any atom is -0.467 e. The molecule has 2 heterocycles. The van der Waals surface area contributed by atoms with Crippen molar-refractivity contribution in [2.24, 2.45) is 0 Å². The van der Waals surface area contributed by atoms with Crippen molar-refractivity contribution < 1.29 is 9.13 Å². The van der Waals surface area contributed by atoms with E-state index in [0.29, 0.717) is 12.1 Å². The number of halogens is 1. The molecule has 5 nitrogen and oxygen atoms in total. The molecule has 4 rings (SSSR count). The Morgan fingerprint density at radius 1 is 1.13 bits per heavy atom. The van der Waals surface area contributed by atoms with Crippen molar-refractivity contribution in [2.75, 3.05) is 7.11 Å². The second-order valence-corrected chi connectivity index (χ2v) is 5.52. The second kappa shape index (κ2) is 5.46. The van der Waals surface area contributed by atoms with Gasteiger partial charge < -0.3 is 9.30 Å². The van der Waals surface area contributed by atoms with E-state index in [-0.39, 0.29) is 5.82 Å². The fourth-order valence-corrected chi connectivity index (χ4v) is 2.63. The first-order valence-corrected chi connectivity index (χ1v) is 7.46. The molecule has 0 bridgehead atoms. The molecule has 1 fully saturated rings. The van der Waals surface area contributed by atoms with E-state index in [9.17, 15) is 4.39 Å². The number of ether oxygens (including phenoxy) is 1. The SMILES string of the molecule is COc1nccc(-c2c(-c3ccc(F)cc3)ncn2C2CC2)n1. The number of imidazole rings is 1. The van der Waals surface area contributed by atoms with Gasteiger partial charge in [-0.1, -0.05) is 0 Å². The highest BCUT2D eigenvalue weighted by atomic mass is 19.1. The molecule has 1 aliphatic carbocycles. The van der Waals surface area contributed by atoms with E-state index < -0.39 is 0 Å². The summed E-state index contributed by atoms with van der Waals surface area (Å²) in [5.74, 6) is -0.263. The van der Waals surface area contributed by atoms with Crippen LogP contribution in [0.15, 0.2) is 42.9 Å². The standard InChI is InChI=1S/C17H15FN4O/c1-23-17-19-9-8-14(21-17)16-15(11-2-4-12(18)5-3-11)20-10-22(16)13-6-7-13/h2-5,8-10,13H,6-7H2,1H3. The summed E-state index contributed by atoms with van der Waals surface area (Å²) in [6, 6.07) is 8.95. The van der Waals surface area contributed by atoms with Gasteiger partial charge in [0.15, 0.2) is 0 Å². The maximum absolute atomic E-state index is 13.2. The number of hydrogen-bond acceptors (Lipinski definition) is 4. The molecule has 0 N–H and O–H groups in total. The van der Waals surface area contributed by atoms with Gasteiger partial charge in [-0.05, 0) is 43.2 Å². The van der Waals surface area contributed by atoms with Crippen LogP contribution >= 0.6 is 0 Å². The van der Waals surface area contributed by atoms with E-state index >= 15 is 0 Å². The molecule has 1 aromatic carbocycles. The van der Waals surface area contributed by atoms with E-state index in [1.807, 2.05) is 12.4 Å². The van der Waals surface area contributed by atoms with Crippen molar-refractivity contribution in [1.82, 2.24) is 19.5 Å². The van der Waals surface area contributed by atoms with Crippen molar-refractivity contribution in [3.63, 3.8) is 0 Å². The molecule has 1 aliphatic rings. The van der Waals surface area contributed by atoms with Gasteiger partial charge in [-0.25, -0.2) is 14.4 Å². The van der Waals surface area contributed by atoms with Crippen LogP contribution in [-0.2, 0) is 0 Å². The van der Waals surface area contributed by atoms with E-state index in [4.69, 9.17) is 4.74 Å². The van der Waals surface area contributed by atoms with E-state index in [1.54, 1.807) is 18.3 Å². The molecule has 3 aromatic rings. The smallest absolute Gasteiger partial charge is 0.316 e. The normalized spacial score (nSPS) is 14.0. The van der Waals surface area contributed by atoms with Gasteiger partial charge >= 0.3 is 6.01 Å². The topological polar surface area (TPSA) is 52.8 Å². The van der Waals surface area contributed by atoms with Crippen LogP contribution in [0, 0.1) is 5.82 Å². The highest BCUT2D eigenvalue weighted by Crippen LogP contribution is 2.41. The molecule has 1 saturated carbocycles. The highest BCUT2D eigenvalue weighted by Gasteiger charge is 2.28. The second-order valence-electron chi connectivity index (χ2n) is 5.52. The summed E-state index contributed by atoms with van der Waals surface area (Å²) in [6.45, 7) is 0. The number of aromatic nitrogens is 4. The third-order valence-corrected chi connectivity index (χ3v) is 3.91. The van der Waals surface area contributed by atoms with Crippen LogP contribution in [0.5, 0.6) is 6.01 Å². The fourth-order valence-electron chi connectivity index (χ4n) is 2.63. The van der Waals surface area contributed by atoms with Crippen molar-refractivity contribution in [1.29, 1.82) is 0 Å². The maximum atomic E-state index is 13.2. The Labute approximate surface area is 132 Å². The number of hydrogen-bond donors (Lipinski definition) is 0. The van der Waals surface area contributed by atoms with Gasteiger partial charge in [0.1, 0.15) is 5.82 Å². The predicted octanol–water partition coefficient (Wildman–Crippen LogP) is 3.49. The molecule has 0 radical (unpaired) electrons. The van der Waals surface area contributed by atoms with Crippen LogP contribution < -0.4 is 4.74 Å². The molecule has 116 valence electrons. The van der Waals surface area contributed by atoms with Gasteiger partial charge in [-0.3, -0.25) is 0 Å². The van der Waals surface area contributed by atoms with Crippen molar-refractivity contribution in [3.05, 3.63) is 48.7 Å². The van der Waals surface area contributed by atoms with Gasteiger partial charge in [0.2, 0.25) is 0 Å². The molecule has 0 unspecified atom stereocenters. The average Bonchev–Trinajstić information content (AvgIpc) is 3.34. The van der Waals surface area contributed by atoms with Gasteiger partial charge in [0.05, 0.1) is 30.5 Å². The molecule has 23 heavy (non-hydrogen) atoms. The van der Waals surface area contributed by atoms with E-state index in [1.165, 1.54) is 19.2 Å². The quantitative estimate of drug-likeness (QED) is 0.740. The third kappa shape index (κ3) is 2.56. The lowest BCUT2D eigenvalue weighted by Crippen LogP contribution is -2.00. The van der Waals surface area contributed by atoms with Gasteiger partial charge in [-0.2, -0.15) is 4.98 Å². The number of nitrogens with zero attached hydrogens (tertiary/aromatic N) is 4. The minimum absolute atomic E-state index is 0.263. The summed E-state index contributed by atoms with van der Waals surface area (Å²) in [6.07, 6.45) is 5.77. The molecule has 0 aliphatic heterocycles. The van der Waals surface area contributed by atoms with Gasteiger partial charge in [-0.15, -0.1) is 0 Å². The van der Waals surface area contributed by atoms with Crippen LogP contribution in [0.4, 0.5) is 4.39 Å². The summed E-state index contributed by atoms with van der Waals surface area (Å²) >= 11 is 0. The Balaban J connectivity index is 1.88. The summed E-state index contributed by atoms with van der Waals surface area (Å²) in [7, 11) is 1.54. The molecule has 0 atom stereocenters. The zero-order valence-corrected chi connectivity index (χ0v) is 12.6. The Kier molecular flexibility index (Phi) is 3.29. The van der Waals surface area contributed by atoms with Crippen LogP contribution in [-0.4, -0.2) is 26.6 Å². The van der Waals surface area contributed by atoms with Crippen LogP contribution in [0.25, 0.3) is 22.6 Å². The minimum atomic E-state index is -0.263. The highest BCUT2D eigenvalue weighted by molar-refractivity contribution is 5.77. The molecule has 0 spiro atoms. The number of methoxy groups -OCH3 is 1. The summed E-state index contributed by atoms with van der Waals surface area (Å²) in [5, 5.41) is 0. The number of benzene rings is 1. The predicted molar refractivity (Wildman–Crippen MR) is 83.5 cm³/mol. The monoisotopic (exact) mass is 310 g/mol. The first kappa shape index (κ1) is 13.9. The van der Waals surface area contributed by atoms with E-state index in [2.05, 4.69) is 19.5 Å². The van der Waals surface area contributed by atoms with Gasteiger partial charge in [0.25, 0.3) is 0 Å². The average molecular weight is 310 g/mol. The summed E-state index contributed by atoms with van der Waals surface area (Å²) in [5.41, 5.74) is 3.32.